The third kappa shape index (κ3) is 5.14. The second kappa shape index (κ2) is 9.69. The molecule has 2 aromatic rings. The highest BCUT2D eigenvalue weighted by Crippen LogP contribution is 2.24. The molecule has 1 N–H and O–H groups in total. The van der Waals surface area contributed by atoms with Crippen LogP contribution in [0.1, 0.15) is 48.2 Å². The van der Waals surface area contributed by atoms with E-state index in [4.69, 9.17) is 9.15 Å². The number of nitrogens with zero attached hydrogens (tertiary/aromatic N) is 2. The van der Waals surface area contributed by atoms with Crippen LogP contribution in [0.5, 0.6) is 5.75 Å². The van der Waals surface area contributed by atoms with Gasteiger partial charge in [-0.05, 0) is 55.5 Å². The highest BCUT2D eigenvalue weighted by atomic mass is 16.5. The quantitative estimate of drug-likeness (QED) is 0.815. The van der Waals surface area contributed by atoms with Crippen molar-refractivity contribution in [2.45, 2.75) is 44.8 Å². The lowest BCUT2D eigenvalue weighted by atomic mass is 9.98. The predicted octanol–water partition coefficient (Wildman–Crippen LogP) is 3.66. The fourth-order valence-electron chi connectivity index (χ4n) is 4.06. The molecule has 30 heavy (non-hydrogen) atoms. The Balaban J connectivity index is 1.23. The standard InChI is InChI=1S/C23H29N3O4/c27-22(21-10-5-15-29-21)25-11-13-26(14-12-25)23(28)24-17-18-6-4-9-20(16-18)30-19-7-2-1-3-8-19/h4-6,9-10,15-16,19H,1-3,7-8,11-14,17H2,(H,24,28). The largest absolute Gasteiger partial charge is 0.490 e. The molecule has 1 aromatic carbocycles. The van der Waals surface area contributed by atoms with E-state index in [1.165, 1.54) is 25.5 Å². The van der Waals surface area contributed by atoms with Crippen molar-refractivity contribution in [1.82, 2.24) is 15.1 Å². The summed E-state index contributed by atoms with van der Waals surface area (Å²) in [6.07, 6.45) is 7.82. The molecule has 0 bridgehead atoms. The molecule has 0 radical (unpaired) electrons. The van der Waals surface area contributed by atoms with Crippen LogP contribution in [0.3, 0.4) is 0 Å². The number of furan rings is 1. The molecular formula is C23H29N3O4. The number of ether oxygens (including phenoxy) is 1. The molecule has 2 fully saturated rings. The van der Waals surface area contributed by atoms with Crippen molar-refractivity contribution < 1.29 is 18.7 Å². The maximum Gasteiger partial charge on any atom is 0.317 e. The molecule has 1 saturated heterocycles. The summed E-state index contributed by atoms with van der Waals surface area (Å²) in [5.41, 5.74) is 1.02. The molecule has 1 aromatic heterocycles. The Morgan fingerprint density at radius 1 is 1.00 bits per heavy atom. The molecule has 1 aliphatic heterocycles. The Labute approximate surface area is 177 Å². The minimum atomic E-state index is -0.130. The first-order chi connectivity index (χ1) is 14.7. The van der Waals surface area contributed by atoms with Gasteiger partial charge >= 0.3 is 6.03 Å². The van der Waals surface area contributed by atoms with Gasteiger partial charge < -0.3 is 24.3 Å². The summed E-state index contributed by atoms with van der Waals surface area (Å²) in [6.45, 7) is 2.45. The SMILES string of the molecule is O=C(NCc1cccc(OC2CCCCC2)c1)N1CCN(C(=O)c2ccco2)CC1. The second-order valence-electron chi connectivity index (χ2n) is 7.94. The summed E-state index contributed by atoms with van der Waals surface area (Å²) < 4.78 is 11.3. The van der Waals surface area contributed by atoms with E-state index in [0.717, 1.165) is 24.2 Å². The Hall–Kier alpha value is -2.96. The monoisotopic (exact) mass is 411 g/mol. The Bertz CT molecular complexity index is 838. The average Bonchev–Trinajstić information content (AvgIpc) is 3.33. The fourth-order valence-corrected chi connectivity index (χ4v) is 4.06. The van der Waals surface area contributed by atoms with Crippen molar-refractivity contribution in [3.05, 3.63) is 54.0 Å². The lowest BCUT2D eigenvalue weighted by Crippen LogP contribution is -2.53. The summed E-state index contributed by atoms with van der Waals surface area (Å²) in [6, 6.07) is 11.2. The topological polar surface area (TPSA) is 75.0 Å². The number of urea groups is 1. The lowest BCUT2D eigenvalue weighted by Gasteiger charge is -2.34. The van der Waals surface area contributed by atoms with Gasteiger partial charge in [0, 0.05) is 32.7 Å². The van der Waals surface area contributed by atoms with Gasteiger partial charge in [-0.2, -0.15) is 0 Å². The molecule has 0 unspecified atom stereocenters. The highest BCUT2D eigenvalue weighted by Gasteiger charge is 2.26. The maximum atomic E-state index is 12.5. The van der Waals surface area contributed by atoms with Crippen LogP contribution >= 0.6 is 0 Å². The Kier molecular flexibility index (Phi) is 6.57. The Morgan fingerprint density at radius 2 is 1.77 bits per heavy atom. The number of hydrogen-bond donors (Lipinski definition) is 1. The smallest absolute Gasteiger partial charge is 0.317 e. The van der Waals surface area contributed by atoms with Crippen LogP contribution in [-0.2, 0) is 6.54 Å². The highest BCUT2D eigenvalue weighted by molar-refractivity contribution is 5.91. The van der Waals surface area contributed by atoms with Crippen molar-refractivity contribution in [1.29, 1.82) is 0 Å². The molecule has 0 spiro atoms. The Morgan fingerprint density at radius 3 is 2.50 bits per heavy atom. The van der Waals surface area contributed by atoms with Crippen molar-refractivity contribution in [2.75, 3.05) is 26.2 Å². The molecule has 1 saturated carbocycles. The van der Waals surface area contributed by atoms with Gasteiger partial charge in [0.25, 0.3) is 5.91 Å². The summed E-state index contributed by atoms with van der Waals surface area (Å²) in [5.74, 6) is 1.08. The van der Waals surface area contributed by atoms with Crippen LogP contribution < -0.4 is 10.1 Å². The molecule has 7 heteroatoms. The van der Waals surface area contributed by atoms with Gasteiger partial charge in [-0.1, -0.05) is 18.6 Å². The van der Waals surface area contributed by atoms with E-state index in [0.29, 0.717) is 44.6 Å². The molecule has 2 heterocycles. The minimum Gasteiger partial charge on any atom is -0.490 e. The van der Waals surface area contributed by atoms with Gasteiger partial charge in [0.2, 0.25) is 0 Å². The van der Waals surface area contributed by atoms with E-state index in [9.17, 15) is 9.59 Å². The summed E-state index contributed by atoms with van der Waals surface area (Å²) in [4.78, 5) is 28.3. The zero-order valence-corrected chi connectivity index (χ0v) is 17.2. The van der Waals surface area contributed by atoms with Crippen LogP contribution in [0.4, 0.5) is 4.79 Å². The first kappa shape index (κ1) is 20.3. The fraction of sp³-hybridized carbons (Fsp3) is 0.478. The number of nitrogens with one attached hydrogen (secondary N) is 1. The third-order valence-corrected chi connectivity index (χ3v) is 5.78. The number of rotatable bonds is 5. The molecule has 0 atom stereocenters. The molecular weight excluding hydrogens is 382 g/mol. The minimum absolute atomic E-state index is 0.112. The molecule has 3 amide bonds. The maximum absolute atomic E-state index is 12.5. The normalized spacial score (nSPS) is 17.6. The zero-order chi connectivity index (χ0) is 20.8. The van der Waals surface area contributed by atoms with Gasteiger partial charge in [0.05, 0.1) is 12.4 Å². The molecule has 160 valence electrons. The molecule has 4 rings (SSSR count). The van der Waals surface area contributed by atoms with E-state index < -0.39 is 0 Å². The van der Waals surface area contributed by atoms with Crippen LogP contribution in [0, 0.1) is 0 Å². The van der Waals surface area contributed by atoms with Gasteiger partial charge in [0.15, 0.2) is 5.76 Å². The van der Waals surface area contributed by atoms with Gasteiger partial charge in [0.1, 0.15) is 5.75 Å². The third-order valence-electron chi connectivity index (χ3n) is 5.78. The number of hydrogen-bond acceptors (Lipinski definition) is 4. The summed E-state index contributed by atoms with van der Waals surface area (Å²) in [5, 5.41) is 2.98. The first-order valence-electron chi connectivity index (χ1n) is 10.8. The zero-order valence-electron chi connectivity index (χ0n) is 17.2. The first-order valence-corrected chi connectivity index (χ1v) is 10.8. The van der Waals surface area contributed by atoms with Crippen LogP contribution in [0.15, 0.2) is 47.1 Å². The number of carbonyl (C=O) groups excluding carboxylic acids is 2. The van der Waals surface area contributed by atoms with Gasteiger partial charge in [-0.15, -0.1) is 0 Å². The second-order valence-corrected chi connectivity index (χ2v) is 7.94. The lowest BCUT2D eigenvalue weighted by molar-refractivity contribution is 0.0634. The number of piperazine rings is 1. The van der Waals surface area contributed by atoms with E-state index in [1.807, 2.05) is 24.3 Å². The predicted molar refractivity (Wildman–Crippen MR) is 112 cm³/mol. The van der Waals surface area contributed by atoms with Crippen LogP contribution in [0.25, 0.3) is 0 Å². The van der Waals surface area contributed by atoms with Gasteiger partial charge in [-0.25, -0.2) is 4.79 Å². The molecule has 2 aliphatic rings. The summed E-state index contributed by atoms with van der Waals surface area (Å²) in [7, 11) is 0. The average molecular weight is 412 g/mol. The van der Waals surface area contributed by atoms with E-state index in [1.54, 1.807) is 21.9 Å². The van der Waals surface area contributed by atoms with Crippen molar-refractivity contribution >= 4 is 11.9 Å². The van der Waals surface area contributed by atoms with E-state index in [2.05, 4.69) is 5.32 Å². The van der Waals surface area contributed by atoms with Gasteiger partial charge in [-0.3, -0.25) is 4.79 Å². The van der Waals surface area contributed by atoms with Crippen molar-refractivity contribution in [2.24, 2.45) is 0 Å². The number of carbonyl (C=O) groups is 2. The number of benzene rings is 1. The molecule has 1 aliphatic carbocycles. The van der Waals surface area contributed by atoms with Crippen molar-refractivity contribution in [3.8, 4) is 5.75 Å². The van der Waals surface area contributed by atoms with Crippen LogP contribution in [0.2, 0.25) is 0 Å². The van der Waals surface area contributed by atoms with E-state index >= 15 is 0 Å². The number of amides is 3. The summed E-state index contributed by atoms with van der Waals surface area (Å²) >= 11 is 0. The van der Waals surface area contributed by atoms with E-state index in [-0.39, 0.29) is 11.9 Å². The van der Waals surface area contributed by atoms with Crippen molar-refractivity contribution in [3.63, 3.8) is 0 Å². The molecule has 7 nitrogen and oxygen atoms in total. The van der Waals surface area contributed by atoms with Crippen LogP contribution in [-0.4, -0.2) is 54.0 Å².